The van der Waals surface area contributed by atoms with Crippen LogP contribution in [-0.4, -0.2) is 57.8 Å². The molecule has 0 aromatic heterocycles. The fourth-order valence-corrected chi connectivity index (χ4v) is 1.96. The summed E-state index contributed by atoms with van der Waals surface area (Å²) in [6, 6.07) is -1.89. The number of carbonyl (C=O) groups excluding carboxylic acids is 1. The fourth-order valence-electron chi connectivity index (χ4n) is 1.96. The third-order valence-corrected chi connectivity index (χ3v) is 2.69. The van der Waals surface area contributed by atoms with Crippen LogP contribution in [0, 0.1) is 0 Å². The molecule has 0 aliphatic carbocycles. The van der Waals surface area contributed by atoms with Crippen LogP contribution in [-0.2, 0) is 14.4 Å². The van der Waals surface area contributed by atoms with Crippen molar-refractivity contribution in [2.24, 2.45) is 0 Å². The first-order chi connectivity index (χ1) is 10.2. The van der Waals surface area contributed by atoms with E-state index in [4.69, 9.17) is 5.11 Å². The maximum absolute atomic E-state index is 12.2. The molecule has 8 heteroatoms. The second-order valence-electron chi connectivity index (χ2n) is 7.58. The van der Waals surface area contributed by atoms with E-state index in [2.05, 4.69) is 16.0 Å². The molecule has 0 aliphatic heterocycles. The van der Waals surface area contributed by atoms with E-state index in [0.29, 0.717) is 0 Å². The van der Waals surface area contributed by atoms with Gasteiger partial charge in [-0.2, -0.15) is 0 Å². The van der Waals surface area contributed by atoms with E-state index in [-0.39, 0.29) is 13.0 Å². The van der Waals surface area contributed by atoms with Crippen molar-refractivity contribution in [2.75, 3.05) is 6.54 Å². The van der Waals surface area contributed by atoms with Crippen molar-refractivity contribution in [3.05, 3.63) is 0 Å². The molecule has 1 amide bonds. The number of nitrogens with one attached hydrogen (secondary N) is 3. The zero-order valence-corrected chi connectivity index (χ0v) is 14.7. The minimum atomic E-state index is -1.11. The van der Waals surface area contributed by atoms with Crippen molar-refractivity contribution < 1.29 is 24.6 Å². The van der Waals surface area contributed by atoms with E-state index < -0.39 is 41.0 Å². The standard InChI is InChI=1S/C15H29N3O5/c1-14(2,3)17-9(7-11(19)20)12(21)16-8-10(13(22)23)18-15(4,5)6/h9-10,17-18H,7-8H2,1-6H3,(H,16,21)(H,19,20)(H,22,23)/t9?,10-/m1/s1. The molecule has 0 spiro atoms. The first-order valence-electron chi connectivity index (χ1n) is 7.49. The van der Waals surface area contributed by atoms with Crippen molar-refractivity contribution in [1.82, 2.24) is 16.0 Å². The van der Waals surface area contributed by atoms with E-state index in [1.807, 2.05) is 41.5 Å². The highest BCUT2D eigenvalue weighted by molar-refractivity contribution is 5.86. The molecule has 0 radical (unpaired) electrons. The number of hydrogen-bond acceptors (Lipinski definition) is 5. The third-order valence-electron chi connectivity index (χ3n) is 2.69. The quantitative estimate of drug-likeness (QED) is 0.429. The van der Waals surface area contributed by atoms with Crippen LogP contribution < -0.4 is 16.0 Å². The molecule has 23 heavy (non-hydrogen) atoms. The molecule has 5 N–H and O–H groups in total. The summed E-state index contributed by atoms with van der Waals surface area (Å²) in [4.78, 5) is 34.3. The van der Waals surface area contributed by atoms with E-state index in [0.717, 1.165) is 0 Å². The molecule has 134 valence electrons. The molecule has 0 bridgehead atoms. The van der Waals surface area contributed by atoms with Gasteiger partial charge in [0.2, 0.25) is 5.91 Å². The topological polar surface area (TPSA) is 128 Å². The van der Waals surface area contributed by atoms with Gasteiger partial charge in [-0.05, 0) is 41.5 Å². The number of rotatable bonds is 8. The third kappa shape index (κ3) is 10.6. The molecular formula is C15H29N3O5. The molecule has 8 nitrogen and oxygen atoms in total. The van der Waals surface area contributed by atoms with Crippen molar-refractivity contribution in [3.63, 3.8) is 0 Å². The number of carboxylic acids is 2. The largest absolute Gasteiger partial charge is 0.481 e. The maximum atomic E-state index is 12.2. The second kappa shape index (κ2) is 8.26. The summed E-state index contributed by atoms with van der Waals surface area (Å²) in [5, 5.41) is 26.4. The van der Waals surface area contributed by atoms with Gasteiger partial charge in [-0.1, -0.05) is 0 Å². The zero-order chi connectivity index (χ0) is 18.4. The highest BCUT2D eigenvalue weighted by Crippen LogP contribution is 2.05. The van der Waals surface area contributed by atoms with Crippen molar-refractivity contribution in [2.45, 2.75) is 71.1 Å². The van der Waals surface area contributed by atoms with Crippen LogP contribution in [0.15, 0.2) is 0 Å². The maximum Gasteiger partial charge on any atom is 0.322 e. The van der Waals surface area contributed by atoms with Crippen LogP contribution in [0.4, 0.5) is 0 Å². The second-order valence-corrected chi connectivity index (χ2v) is 7.58. The van der Waals surface area contributed by atoms with E-state index >= 15 is 0 Å². The SMILES string of the molecule is CC(C)(C)NC(CC(=O)O)C(=O)NC[C@@H](NC(C)(C)C)C(=O)O. The Balaban J connectivity index is 4.82. The van der Waals surface area contributed by atoms with Gasteiger partial charge < -0.3 is 20.8 Å². The first kappa shape index (κ1) is 21.3. The van der Waals surface area contributed by atoms with Gasteiger partial charge in [0, 0.05) is 17.6 Å². The average Bonchev–Trinajstić information content (AvgIpc) is 2.29. The Labute approximate surface area is 137 Å². The Morgan fingerprint density at radius 1 is 0.870 bits per heavy atom. The molecule has 0 heterocycles. The van der Waals surface area contributed by atoms with E-state index in [1.54, 1.807) is 0 Å². The van der Waals surface area contributed by atoms with Gasteiger partial charge in [0.15, 0.2) is 0 Å². The van der Waals surface area contributed by atoms with Gasteiger partial charge in [-0.25, -0.2) is 0 Å². The summed E-state index contributed by atoms with van der Waals surface area (Å²) in [7, 11) is 0. The first-order valence-corrected chi connectivity index (χ1v) is 7.49. The predicted octanol–water partition coefficient (Wildman–Crippen LogP) is 0.175. The monoisotopic (exact) mass is 331 g/mol. The minimum absolute atomic E-state index is 0.132. The smallest absolute Gasteiger partial charge is 0.322 e. The fraction of sp³-hybridized carbons (Fsp3) is 0.800. The van der Waals surface area contributed by atoms with E-state index in [1.165, 1.54) is 0 Å². The lowest BCUT2D eigenvalue weighted by Crippen LogP contribution is -2.57. The van der Waals surface area contributed by atoms with E-state index in [9.17, 15) is 19.5 Å². The molecule has 0 saturated heterocycles. The Hall–Kier alpha value is -1.67. The molecule has 1 unspecified atom stereocenters. The van der Waals surface area contributed by atoms with Gasteiger partial charge in [0.1, 0.15) is 6.04 Å². The van der Waals surface area contributed by atoms with Crippen LogP contribution in [0.1, 0.15) is 48.0 Å². The summed E-state index contributed by atoms with van der Waals surface area (Å²) in [6.45, 7) is 10.8. The Kier molecular flexibility index (Phi) is 7.66. The summed E-state index contributed by atoms with van der Waals surface area (Å²) in [6.07, 6.45) is -0.381. The van der Waals surface area contributed by atoms with Gasteiger partial charge in [0.25, 0.3) is 0 Å². The number of aliphatic carboxylic acids is 2. The zero-order valence-electron chi connectivity index (χ0n) is 14.7. The van der Waals surface area contributed by atoms with Crippen LogP contribution in [0.25, 0.3) is 0 Å². The van der Waals surface area contributed by atoms with Crippen LogP contribution >= 0.6 is 0 Å². The number of carboxylic acid groups (broad SMARTS) is 2. The highest BCUT2D eigenvalue weighted by Gasteiger charge is 2.28. The lowest BCUT2D eigenvalue weighted by atomic mass is 10.0. The molecule has 0 saturated carbocycles. The Morgan fingerprint density at radius 2 is 1.30 bits per heavy atom. The summed E-state index contributed by atoms with van der Waals surface area (Å²) in [5.74, 6) is -2.73. The molecular weight excluding hydrogens is 302 g/mol. The van der Waals surface area contributed by atoms with Gasteiger partial charge in [-0.3, -0.25) is 19.7 Å². The molecule has 0 rings (SSSR count). The van der Waals surface area contributed by atoms with Gasteiger partial charge in [-0.15, -0.1) is 0 Å². The average molecular weight is 331 g/mol. The normalized spacial score (nSPS) is 14.9. The Morgan fingerprint density at radius 3 is 1.65 bits per heavy atom. The molecule has 0 aromatic rings. The summed E-state index contributed by atoms with van der Waals surface area (Å²) < 4.78 is 0. The van der Waals surface area contributed by atoms with Crippen molar-refractivity contribution >= 4 is 17.8 Å². The molecule has 0 fully saturated rings. The Bertz CT molecular complexity index is 437. The van der Waals surface area contributed by atoms with Gasteiger partial charge >= 0.3 is 11.9 Å². The lowest BCUT2D eigenvalue weighted by molar-refractivity contribution is -0.141. The molecule has 0 aromatic carbocycles. The van der Waals surface area contributed by atoms with Crippen LogP contribution in [0.5, 0.6) is 0 Å². The number of amides is 1. The van der Waals surface area contributed by atoms with Crippen LogP contribution in [0.2, 0.25) is 0 Å². The van der Waals surface area contributed by atoms with Crippen LogP contribution in [0.3, 0.4) is 0 Å². The van der Waals surface area contributed by atoms with Crippen molar-refractivity contribution in [3.8, 4) is 0 Å². The minimum Gasteiger partial charge on any atom is -0.481 e. The summed E-state index contributed by atoms with van der Waals surface area (Å²) >= 11 is 0. The number of hydrogen-bond donors (Lipinski definition) is 5. The lowest BCUT2D eigenvalue weighted by Gasteiger charge is -2.29. The predicted molar refractivity (Wildman–Crippen MR) is 86.3 cm³/mol. The molecule has 2 atom stereocenters. The molecule has 0 aliphatic rings. The van der Waals surface area contributed by atoms with Gasteiger partial charge in [0.05, 0.1) is 12.5 Å². The van der Waals surface area contributed by atoms with Crippen molar-refractivity contribution in [1.29, 1.82) is 0 Å². The summed E-state index contributed by atoms with van der Waals surface area (Å²) in [5.41, 5.74) is -0.884. The highest BCUT2D eigenvalue weighted by atomic mass is 16.4. The number of carbonyl (C=O) groups is 3.